The van der Waals surface area contributed by atoms with Crippen molar-refractivity contribution in [1.29, 1.82) is 0 Å². The third-order valence-electron chi connectivity index (χ3n) is 4.39. The molecule has 2 aromatic heterocycles. The number of hydrogen-bond donors (Lipinski definition) is 1. The van der Waals surface area contributed by atoms with E-state index in [1.165, 1.54) is 0 Å². The number of aromatic nitrogens is 3. The molecule has 25 heavy (non-hydrogen) atoms. The number of rotatable bonds is 4. The van der Waals surface area contributed by atoms with Gasteiger partial charge < -0.3 is 14.9 Å². The van der Waals surface area contributed by atoms with Crippen LogP contribution in [0.3, 0.4) is 0 Å². The van der Waals surface area contributed by atoms with Crippen LogP contribution < -0.4 is 4.90 Å². The van der Waals surface area contributed by atoms with E-state index in [-0.39, 0.29) is 12.5 Å². The summed E-state index contributed by atoms with van der Waals surface area (Å²) in [5.41, 5.74) is 0.479. The summed E-state index contributed by atoms with van der Waals surface area (Å²) in [5, 5.41) is 11.0. The molecular weight excluding hydrogens is 318 g/mol. The quantitative estimate of drug-likeness (QED) is 0.902. The summed E-state index contributed by atoms with van der Waals surface area (Å²) in [5.74, 6) is 0.468. The third kappa shape index (κ3) is 4.11. The van der Waals surface area contributed by atoms with Crippen LogP contribution in [0.5, 0.6) is 0 Å². The van der Waals surface area contributed by atoms with Crippen LogP contribution in [-0.4, -0.2) is 63.1 Å². The molecule has 7 nitrogen and oxygen atoms in total. The number of β-amino-alcohol motifs (C(OH)–C–C–N with tert-alkyl or cyclic N) is 1. The fourth-order valence-corrected chi connectivity index (χ4v) is 3.27. The summed E-state index contributed by atoms with van der Waals surface area (Å²) in [7, 11) is 1.71. The Morgan fingerprint density at radius 3 is 2.84 bits per heavy atom. The monoisotopic (exact) mass is 341 g/mol. The van der Waals surface area contributed by atoms with Gasteiger partial charge in [0.2, 0.25) is 5.95 Å². The molecule has 3 heterocycles. The van der Waals surface area contributed by atoms with Crippen molar-refractivity contribution in [2.24, 2.45) is 0 Å². The highest BCUT2D eigenvalue weighted by molar-refractivity contribution is 5.93. The standard InChI is InChI=1S/C18H23N5O2/c1-14-9-15(11-19-10-14)16(24)22(2)12-18(25)5-3-8-23(13-18)17-20-6-4-7-21-17/h4,6-7,9-11,25H,3,5,8,12-13H2,1-2H3/t18-/m1/s1. The van der Waals surface area contributed by atoms with E-state index < -0.39 is 5.60 Å². The van der Waals surface area contributed by atoms with Crippen molar-refractivity contribution < 1.29 is 9.90 Å². The summed E-state index contributed by atoms with van der Waals surface area (Å²) < 4.78 is 0. The van der Waals surface area contributed by atoms with Gasteiger partial charge in [0.25, 0.3) is 5.91 Å². The highest BCUT2D eigenvalue weighted by atomic mass is 16.3. The second kappa shape index (κ2) is 7.14. The van der Waals surface area contributed by atoms with Gasteiger partial charge in [-0.25, -0.2) is 9.97 Å². The van der Waals surface area contributed by atoms with Gasteiger partial charge in [-0.15, -0.1) is 0 Å². The van der Waals surface area contributed by atoms with Crippen LogP contribution in [0.2, 0.25) is 0 Å². The number of piperidine rings is 1. The van der Waals surface area contributed by atoms with Gasteiger partial charge in [0.1, 0.15) is 0 Å². The molecule has 0 unspecified atom stereocenters. The lowest BCUT2D eigenvalue weighted by molar-refractivity contribution is -0.000308. The number of nitrogens with zero attached hydrogens (tertiary/aromatic N) is 5. The minimum Gasteiger partial charge on any atom is -0.386 e. The van der Waals surface area contributed by atoms with Crippen molar-refractivity contribution in [2.75, 3.05) is 31.6 Å². The van der Waals surface area contributed by atoms with Crippen molar-refractivity contribution in [3.63, 3.8) is 0 Å². The van der Waals surface area contributed by atoms with Crippen LogP contribution in [0.15, 0.2) is 36.9 Å². The van der Waals surface area contributed by atoms with Gasteiger partial charge in [-0.3, -0.25) is 9.78 Å². The van der Waals surface area contributed by atoms with Crippen molar-refractivity contribution in [2.45, 2.75) is 25.4 Å². The number of anilines is 1. The zero-order valence-corrected chi connectivity index (χ0v) is 14.6. The van der Waals surface area contributed by atoms with Crippen molar-refractivity contribution in [1.82, 2.24) is 19.9 Å². The van der Waals surface area contributed by atoms with Gasteiger partial charge in [-0.1, -0.05) is 0 Å². The van der Waals surface area contributed by atoms with Crippen LogP contribution in [0.4, 0.5) is 5.95 Å². The molecule has 1 N–H and O–H groups in total. The van der Waals surface area contributed by atoms with Gasteiger partial charge in [0, 0.05) is 38.4 Å². The van der Waals surface area contributed by atoms with Gasteiger partial charge in [0.15, 0.2) is 0 Å². The molecule has 1 fully saturated rings. The normalized spacial score (nSPS) is 20.4. The summed E-state index contributed by atoms with van der Waals surface area (Å²) in [6.45, 7) is 3.35. The van der Waals surface area contributed by atoms with E-state index >= 15 is 0 Å². The molecule has 1 amide bonds. The molecule has 0 aromatic carbocycles. The first-order valence-electron chi connectivity index (χ1n) is 8.38. The van der Waals surface area contributed by atoms with Crippen molar-refractivity contribution in [3.8, 4) is 0 Å². The lowest BCUT2D eigenvalue weighted by Crippen LogP contribution is -2.55. The average Bonchev–Trinajstić information content (AvgIpc) is 2.61. The first kappa shape index (κ1) is 17.3. The third-order valence-corrected chi connectivity index (χ3v) is 4.39. The maximum atomic E-state index is 12.6. The van der Waals surface area contributed by atoms with E-state index in [1.54, 1.807) is 48.9 Å². The first-order valence-corrected chi connectivity index (χ1v) is 8.38. The second-order valence-corrected chi connectivity index (χ2v) is 6.71. The van der Waals surface area contributed by atoms with E-state index in [9.17, 15) is 9.90 Å². The van der Waals surface area contributed by atoms with Gasteiger partial charge in [0.05, 0.1) is 24.3 Å². The van der Waals surface area contributed by atoms with Crippen LogP contribution in [0.1, 0.15) is 28.8 Å². The van der Waals surface area contributed by atoms with E-state index in [0.29, 0.717) is 24.5 Å². The Hall–Kier alpha value is -2.54. The Morgan fingerprint density at radius 1 is 1.36 bits per heavy atom. The van der Waals surface area contributed by atoms with Crippen LogP contribution in [0, 0.1) is 6.92 Å². The summed E-state index contributed by atoms with van der Waals surface area (Å²) >= 11 is 0. The topological polar surface area (TPSA) is 82.5 Å². The Kier molecular flexibility index (Phi) is 4.94. The maximum Gasteiger partial charge on any atom is 0.255 e. The Balaban J connectivity index is 1.69. The highest BCUT2D eigenvalue weighted by Crippen LogP contribution is 2.25. The molecule has 0 aliphatic carbocycles. The fraction of sp³-hybridized carbons (Fsp3) is 0.444. The van der Waals surface area contributed by atoms with E-state index in [4.69, 9.17) is 0 Å². The molecule has 1 aliphatic rings. The van der Waals surface area contributed by atoms with E-state index in [0.717, 1.165) is 18.5 Å². The zero-order chi connectivity index (χ0) is 17.9. The van der Waals surface area contributed by atoms with E-state index in [2.05, 4.69) is 15.0 Å². The molecule has 0 bridgehead atoms. The summed E-state index contributed by atoms with van der Waals surface area (Å²) in [6, 6.07) is 3.57. The first-order chi connectivity index (χ1) is 12.0. The SMILES string of the molecule is Cc1cncc(C(=O)N(C)C[C@]2(O)CCCN(c3ncccn3)C2)c1. The summed E-state index contributed by atoms with van der Waals surface area (Å²) in [4.78, 5) is 28.7. The minimum absolute atomic E-state index is 0.141. The second-order valence-electron chi connectivity index (χ2n) is 6.71. The molecular formula is C18H23N5O2. The predicted octanol–water partition coefficient (Wildman–Crippen LogP) is 1.28. The number of likely N-dealkylation sites (N-methyl/N-ethyl adjacent to an activating group) is 1. The molecule has 2 aromatic rings. The Morgan fingerprint density at radius 2 is 2.12 bits per heavy atom. The number of carbonyl (C=O) groups excluding carboxylic acids is 1. The smallest absolute Gasteiger partial charge is 0.255 e. The number of carbonyl (C=O) groups is 1. The largest absolute Gasteiger partial charge is 0.386 e. The maximum absolute atomic E-state index is 12.6. The predicted molar refractivity (Wildman–Crippen MR) is 94.4 cm³/mol. The van der Waals surface area contributed by atoms with Gasteiger partial charge in [-0.2, -0.15) is 0 Å². The zero-order valence-electron chi connectivity index (χ0n) is 14.6. The van der Waals surface area contributed by atoms with Crippen molar-refractivity contribution in [3.05, 3.63) is 48.0 Å². The molecule has 1 atom stereocenters. The highest BCUT2D eigenvalue weighted by Gasteiger charge is 2.36. The lowest BCUT2D eigenvalue weighted by Gasteiger charge is -2.41. The fourth-order valence-electron chi connectivity index (χ4n) is 3.27. The minimum atomic E-state index is -0.987. The molecule has 1 saturated heterocycles. The number of pyridine rings is 1. The average molecular weight is 341 g/mol. The number of hydrogen-bond acceptors (Lipinski definition) is 6. The van der Waals surface area contributed by atoms with Crippen molar-refractivity contribution >= 4 is 11.9 Å². The Labute approximate surface area is 147 Å². The molecule has 3 rings (SSSR count). The molecule has 0 spiro atoms. The Bertz CT molecular complexity index is 739. The van der Waals surface area contributed by atoms with Crippen LogP contribution in [-0.2, 0) is 0 Å². The van der Waals surface area contributed by atoms with Crippen LogP contribution in [0.25, 0.3) is 0 Å². The van der Waals surface area contributed by atoms with E-state index in [1.807, 2.05) is 11.8 Å². The molecule has 0 radical (unpaired) electrons. The van der Waals surface area contributed by atoms with Gasteiger partial charge >= 0.3 is 0 Å². The molecule has 7 heteroatoms. The lowest BCUT2D eigenvalue weighted by atomic mass is 9.92. The molecule has 1 aliphatic heterocycles. The summed E-state index contributed by atoms with van der Waals surface area (Å²) in [6.07, 6.45) is 8.11. The van der Waals surface area contributed by atoms with Gasteiger partial charge in [-0.05, 0) is 37.5 Å². The number of aryl methyl sites for hydroxylation is 1. The number of aliphatic hydroxyl groups is 1. The number of amides is 1. The van der Waals surface area contributed by atoms with Crippen LogP contribution >= 0.6 is 0 Å². The molecule has 132 valence electrons. The molecule has 0 saturated carbocycles.